The van der Waals surface area contributed by atoms with Crippen molar-refractivity contribution in [2.24, 2.45) is 0 Å². The van der Waals surface area contributed by atoms with Crippen molar-refractivity contribution < 1.29 is 38.9 Å². The molecule has 0 aromatic heterocycles. The van der Waals surface area contributed by atoms with Crippen LogP contribution in [-0.2, 0) is 16.0 Å². The molecule has 1 atom stereocenters. The minimum atomic E-state index is -9.78. The first-order chi connectivity index (χ1) is 10.9. The van der Waals surface area contributed by atoms with E-state index < -0.39 is 45.2 Å². The zero-order valence-corrected chi connectivity index (χ0v) is 14.4. The molecule has 1 amide bonds. The lowest BCUT2D eigenvalue weighted by molar-refractivity contribution is -0.139. The second-order valence-electron chi connectivity index (χ2n) is 6.35. The summed E-state index contributed by atoms with van der Waals surface area (Å²) in [6, 6.07) is 0.340. The standard InChI is InChI=1S/C14H18F5NO4S/c1-14(2,3)24-13(23)20-11(12(21)22)8-9-4-6-10(7-5-9)25(15,16,17,18)19/h4-7,11H,8H2,1-3H3,(H,20,23)(H,21,22). The molecule has 1 aromatic rings. The minimum Gasteiger partial charge on any atom is -0.480 e. The van der Waals surface area contributed by atoms with Crippen LogP contribution in [0.1, 0.15) is 26.3 Å². The first-order valence-corrected chi connectivity index (χ1v) is 8.88. The number of hydrogen-bond acceptors (Lipinski definition) is 3. The van der Waals surface area contributed by atoms with Crippen molar-refractivity contribution in [3.05, 3.63) is 29.8 Å². The molecule has 0 radical (unpaired) electrons. The molecule has 1 aromatic carbocycles. The highest BCUT2D eigenvalue weighted by Crippen LogP contribution is 3.02. The van der Waals surface area contributed by atoms with Crippen molar-refractivity contribution in [3.63, 3.8) is 0 Å². The number of carbonyl (C=O) groups is 2. The van der Waals surface area contributed by atoms with Gasteiger partial charge in [-0.3, -0.25) is 0 Å². The van der Waals surface area contributed by atoms with Gasteiger partial charge in [0.05, 0.1) is 0 Å². The van der Waals surface area contributed by atoms with E-state index in [4.69, 9.17) is 9.84 Å². The normalized spacial score (nSPS) is 16.3. The van der Waals surface area contributed by atoms with Crippen molar-refractivity contribution in [1.82, 2.24) is 5.32 Å². The summed E-state index contributed by atoms with van der Waals surface area (Å²) in [5, 5.41) is 11.1. The quantitative estimate of drug-likeness (QED) is 0.703. The van der Waals surface area contributed by atoms with Gasteiger partial charge in [-0.25, -0.2) is 9.59 Å². The SMILES string of the molecule is CC(C)(C)OC(=O)NC(Cc1ccc(S(F)(F)(F)(F)F)cc1)C(=O)O. The third-order valence-electron chi connectivity index (χ3n) is 2.80. The fraction of sp³-hybridized carbons (Fsp3) is 0.429. The molecule has 0 heterocycles. The van der Waals surface area contributed by atoms with Crippen molar-refractivity contribution in [1.29, 1.82) is 0 Å². The molecule has 2 N–H and O–H groups in total. The van der Waals surface area contributed by atoms with Crippen LogP contribution < -0.4 is 5.32 Å². The van der Waals surface area contributed by atoms with Gasteiger partial charge in [0, 0.05) is 6.42 Å². The number of halogens is 5. The fourth-order valence-electron chi connectivity index (χ4n) is 1.77. The van der Waals surface area contributed by atoms with Gasteiger partial charge in [0.15, 0.2) is 0 Å². The third kappa shape index (κ3) is 7.16. The lowest BCUT2D eigenvalue weighted by Crippen LogP contribution is -2.44. The van der Waals surface area contributed by atoms with Crippen LogP contribution in [0.5, 0.6) is 0 Å². The predicted octanol–water partition coefficient (Wildman–Crippen LogP) is 4.86. The molecule has 1 unspecified atom stereocenters. The second-order valence-corrected chi connectivity index (χ2v) is 8.76. The average Bonchev–Trinajstić information content (AvgIpc) is 2.33. The first-order valence-electron chi connectivity index (χ1n) is 6.93. The zero-order chi connectivity index (χ0) is 19.7. The van der Waals surface area contributed by atoms with Crippen molar-refractivity contribution >= 4 is 22.3 Å². The van der Waals surface area contributed by atoms with Crippen LogP contribution in [0.2, 0.25) is 0 Å². The summed E-state index contributed by atoms with van der Waals surface area (Å²) >= 11 is 0. The summed E-state index contributed by atoms with van der Waals surface area (Å²) in [7, 11) is -9.78. The number of benzene rings is 1. The number of carboxylic acids is 1. The van der Waals surface area contributed by atoms with Crippen LogP contribution in [0.3, 0.4) is 0 Å². The number of hydrogen-bond donors (Lipinski definition) is 2. The lowest BCUT2D eigenvalue weighted by atomic mass is 10.1. The molecule has 0 aliphatic carbocycles. The maximum atomic E-state index is 12.6. The molecule has 0 aliphatic rings. The summed E-state index contributed by atoms with van der Waals surface area (Å²) in [5.74, 6) is -1.46. The van der Waals surface area contributed by atoms with E-state index in [2.05, 4.69) is 5.32 Å². The van der Waals surface area contributed by atoms with Crippen molar-refractivity contribution in [3.8, 4) is 0 Å². The molecule has 1 rings (SSSR count). The van der Waals surface area contributed by atoms with Crippen LogP contribution in [-0.4, -0.2) is 28.8 Å². The number of nitrogens with one attached hydrogen (secondary N) is 1. The number of alkyl carbamates (subject to hydrolysis) is 1. The Labute approximate surface area is 140 Å². The minimum absolute atomic E-state index is 0.0223. The van der Waals surface area contributed by atoms with Gasteiger partial charge < -0.3 is 15.2 Å². The molecule has 0 fully saturated rings. The maximum Gasteiger partial charge on any atom is 0.408 e. The van der Waals surface area contributed by atoms with Gasteiger partial charge in [0.1, 0.15) is 16.5 Å². The number of carboxylic acid groups (broad SMARTS) is 1. The summed E-state index contributed by atoms with van der Waals surface area (Å²) < 4.78 is 68.0. The summed E-state index contributed by atoms with van der Waals surface area (Å²) in [6.07, 6.45) is -1.43. The van der Waals surface area contributed by atoms with E-state index in [0.717, 1.165) is 12.1 Å². The van der Waals surface area contributed by atoms with Crippen molar-refractivity contribution in [2.45, 2.75) is 43.7 Å². The number of carbonyl (C=O) groups excluding carboxylic acids is 1. The Kier molecular flexibility index (Phi) is 4.83. The van der Waals surface area contributed by atoms with Crippen molar-refractivity contribution in [2.75, 3.05) is 0 Å². The van der Waals surface area contributed by atoms with Gasteiger partial charge in [-0.2, -0.15) is 0 Å². The molecule has 0 aliphatic heterocycles. The van der Waals surface area contributed by atoms with Crippen LogP contribution in [0.25, 0.3) is 0 Å². The van der Waals surface area contributed by atoms with Crippen LogP contribution in [0, 0.1) is 0 Å². The Morgan fingerprint density at radius 3 is 1.96 bits per heavy atom. The summed E-state index contributed by atoms with van der Waals surface area (Å²) in [6.45, 7) is 4.67. The molecule has 0 saturated heterocycles. The Morgan fingerprint density at radius 2 is 1.60 bits per heavy atom. The Balaban J connectivity index is 2.91. The highest BCUT2D eigenvalue weighted by atomic mass is 32.5. The van der Waals surface area contributed by atoms with E-state index in [1.54, 1.807) is 20.8 Å². The molecule has 11 heteroatoms. The van der Waals surface area contributed by atoms with E-state index in [0.29, 0.717) is 0 Å². The molecule has 5 nitrogen and oxygen atoms in total. The zero-order valence-electron chi connectivity index (χ0n) is 13.6. The average molecular weight is 391 g/mol. The highest BCUT2D eigenvalue weighted by Gasteiger charge is 2.65. The van der Waals surface area contributed by atoms with Gasteiger partial charge in [0.2, 0.25) is 0 Å². The topological polar surface area (TPSA) is 75.6 Å². The van der Waals surface area contributed by atoms with E-state index in [-0.39, 0.29) is 17.7 Å². The molecule has 0 bridgehead atoms. The Hall–Kier alpha value is -2.04. The largest absolute Gasteiger partial charge is 0.480 e. The Morgan fingerprint density at radius 1 is 1.12 bits per heavy atom. The number of amides is 1. The number of ether oxygens (including phenoxy) is 1. The number of aliphatic carboxylic acids is 1. The van der Waals surface area contributed by atoms with Crippen LogP contribution in [0.4, 0.5) is 24.2 Å². The second kappa shape index (κ2) is 5.75. The van der Waals surface area contributed by atoms with Gasteiger partial charge in [-0.15, -0.1) is 0 Å². The van der Waals surface area contributed by atoms with Crippen LogP contribution >= 0.6 is 10.2 Å². The van der Waals surface area contributed by atoms with Gasteiger partial charge in [-0.1, -0.05) is 31.6 Å². The molecular formula is C14H18F5NO4S. The van der Waals surface area contributed by atoms with Gasteiger partial charge in [-0.05, 0) is 38.5 Å². The van der Waals surface area contributed by atoms with Gasteiger partial charge in [0.25, 0.3) is 0 Å². The van der Waals surface area contributed by atoms with Crippen LogP contribution in [0.15, 0.2) is 29.2 Å². The summed E-state index contributed by atoms with van der Waals surface area (Å²) in [4.78, 5) is 20.7. The smallest absolute Gasteiger partial charge is 0.408 e. The van der Waals surface area contributed by atoms with Gasteiger partial charge >= 0.3 is 22.3 Å². The summed E-state index contributed by atoms with van der Waals surface area (Å²) in [5.41, 5.74) is -0.856. The predicted molar refractivity (Wildman–Crippen MR) is 82.3 cm³/mol. The van der Waals surface area contributed by atoms with E-state index in [1.165, 1.54) is 0 Å². The highest BCUT2D eigenvalue weighted by molar-refractivity contribution is 8.45. The van der Waals surface area contributed by atoms with E-state index >= 15 is 0 Å². The molecule has 144 valence electrons. The molecule has 0 spiro atoms. The fourth-order valence-corrected chi connectivity index (χ4v) is 2.42. The van der Waals surface area contributed by atoms with E-state index in [1.807, 2.05) is 0 Å². The molecule has 0 saturated carbocycles. The molecule has 25 heavy (non-hydrogen) atoms. The van der Waals surface area contributed by atoms with E-state index in [9.17, 15) is 29.0 Å². The third-order valence-corrected chi connectivity index (χ3v) is 3.96. The lowest BCUT2D eigenvalue weighted by Gasteiger charge is -2.40. The monoisotopic (exact) mass is 391 g/mol. The molecular weight excluding hydrogens is 373 g/mol. The first kappa shape index (κ1) is 21.0. The maximum absolute atomic E-state index is 12.6. The Bertz CT molecular complexity index is 667. The number of rotatable bonds is 5.